The second kappa shape index (κ2) is 12.2. The predicted molar refractivity (Wildman–Crippen MR) is 206 cm³/mol. The Bertz CT molecular complexity index is 3310. The number of benzene rings is 8. The molecule has 0 atom stereocenters. The fourth-order valence-electron chi connectivity index (χ4n) is 6.03. The van der Waals surface area contributed by atoms with Crippen molar-refractivity contribution in [3.8, 4) is 33.6 Å². The normalized spacial score (nSPS) is 15.3. The van der Waals surface area contributed by atoms with Crippen LogP contribution in [0.1, 0.15) is 19.2 Å². The average Bonchev–Trinajstić information content (AvgIpc) is 3.31. The predicted octanol–water partition coefficient (Wildman–Crippen LogP) is 12.4. The summed E-state index contributed by atoms with van der Waals surface area (Å²) in [7, 11) is 0. The summed E-state index contributed by atoms with van der Waals surface area (Å²) in [5.74, 6) is 0. The molecule has 9 aromatic rings. The third-order valence-electron chi connectivity index (χ3n) is 8.26. The second-order valence-corrected chi connectivity index (χ2v) is 11.2. The maximum Gasteiger partial charge on any atom is 0.0979 e. The maximum absolute atomic E-state index is 9.31. The first-order chi connectivity index (χ1) is 30.1. The van der Waals surface area contributed by atoms with Crippen LogP contribution in [0.5, 0.6) is 0 Å². The Morgan fingerprint density at radius 3 is 1.69 bits per heavy atom. The molecule has 230 valence electrons. The van der Waals surface area contributed by atoms with Gasteiger partial charge in [0.15, 0.2) is 0 Å². The minimum atomic E-state index is -0.775. The molecule has 0 radical (unpaired) electrons. The van der Waals surface area contributed by atoms with Crippen LogP contribution >= 0.6 is 0 Å². The van der Waals surface area contributed by atoms with Gasteiger partial charge in [0, 0.05) is 33.6 Å². The average molecular weight is 640 g/mol. The first kappa shape index (κ1) is 17.5. The molecule has 9 rings (SSSR count). The fraction of sp³-hybridized carbons (Fsp3) is 0. The van der Waals surface area contributed by atoms with Gasteiger partial charge in [0.05, 0.1) is 41.6 Å². The Balaban J connectivity index is 1.33. The summed E-state index contributed by atoms with van der Waals surface area (Å²) in [6.07, 6.45) is 0. The van der Waals surface area contributed by atoms with E-state index < -0.39 is 107 Å². The van der Waals surface area contributed by atoms with E-state index >= 15 is 0 Å². The summed E-state index contributed by atoms with van der Waals surface area (Å²) < 4.78 is 122. The number of hydrogen-bond acceptors (Lipinski definition) is 3. The lowest BCUT2D eigenvalue weighted by Crippen LogP contribution is -2.09. The Hall–Kier alpha value is -6.58. The van der Waals surface area contributed by atoms with Crippen LogP contribution in [0.15, 0.2) is 188 Å². The van der Waals surface area contributed by atoms with E-state index in [1.54, 1.807) is 18.2 Å². The van der Waals surface area contributed by atoms with E-state index in [4.69, 9.17) is 26.4 Å². The Morgan fingerprint density at radius 1 is 0.429 bits per heavy atom. The van der Waals surface area contributed by atoms with Crippen molar-refractivity contribution in [3.63, 3.8) is 0 Å². The van der Waals surface area contributed by atoms with Crippen LogP contribution in [0.3, 0.4) is 0 Å². The summed E-state index contributed by atoms with van der Waals surface area (Å²) in [5, 5.41) is 2.89. The third kappa shape index (κ3) is 5.28. The second-order valence-electron chi connectivity index (χ2n) is 11.2. The van der Waals surface area contributed by atoms with Gasteiger partial charge in [0.25, 0.3) is 0 Å². The molecule has 0 N–H and O–H groups in total. The van der Waals surface area contributed by atoms with Gasteiger partial charge in [0.1, 0.15) is 0 Å². The molecule has 0 saturated heterocycles. The zero-order chi connectivity index (χ0) is 44.8. The number of hydrogen-bond donors (Lipinski definition) is 0. The van der Waals surface area contributed by atoms with Gasteiger partial charge in [-0.3, -0.25) is 0 Å². The topological polar surface area (TPSA) is 29.0 Å². The molecule has 0 amide bonds. The van der Waals surface area contributed by atoms with Crippen molar-refractivity contribution >= 4 is 49.6 Å². The first-order valence-electron chi connectivity index (χ1n) is 22.4. The highest BCUT2D eigenvalue weighted by molar-refractivity contribution is 6.19. The molecule has 1 heterocycles. The molecule has 0 bridgehead atoms. The highest BCUT2D eigenvalue weighted by Crippen LogP contribution is 2.40. The van der Waals surface area contributed by atoms with Crippen molar-refractivity contribution in [2.75, 3.05) is 4.90 Å². The molecular weight excluding hydrogens is 595 g/mol. The standard InChI is InChI=1S/C46H31N3/c1-5-13-32(14-6-1)33-23-26-39(27-24-33)49(38-19-11-4-12-20-38)40-28-29-41-37(31-40)22-21-34-25-30-42-46(43(34)41)48-45(36-17-9-3-10-18-36)44(47-42)35-15-7-2-8-16-35/h1-31H/i1D,4D,5D,6D,11D,12D,13D,14D,19D,20D,23D,24D,26D,27D. The molecule has 0 aliphatic carbocycles. The minimum absolute atomic E-state index is 0.111. The fourth-order valence-corrected chi connectivity index (χ4v) is 6.03. The van der Waals surface area contributed by atoms with Gasteiger partial charge >= 0.3 is 0 Å². The van der Waals surface area contributed by atoms with E-state index in [-0.39, 0.29) is 5.69 Å². The molecule has 1 aromatic heterocycles. The minimum Gasteiger partial charge on any atom is -0.310 e. The molecule has 0 aliphatic rings. The van der Waals surface area contributed by atoms with E-state index in [2.05, 4.69) is 0 Å². The molecule has 0 aliphatic heterocycles. The molecule has 8 aromatic carbocycles. The number of rotatable bonds is 6. The molecule has 0 unspecified atom stereocenters. The van der Waals surface area contributed by atoms with E-state index in [0.717, 1.165) is 26.8 Å². The highest BCUT2D eigenvalue weighted by Gasteiger charge is 2.18. The molecule has 0 spiro atoms. The van der Waals surface area contributed by atoms with Crippen LogP contribution in [0.25, 0.3) is 66.2 Å². The quantitative estimate of drug-likeness (QED) is 0.170. The molecule has 0 fully saturated rings. The van der Waals surface area contributed by atoms with E-state index in [1.807, 2.05) is 84.9 Å². The maximum atomic E-state index is 9.31. The van der Waals surface area contributed by atoms with E-state index in [1.165, 1.54) is 0 Å². The summed E-state index contributed by atoms with van der Waals surface area (Å²) in [4.78, 5) is 11.5. The van der Waals surface area contributed by atoms with Crippen LogP contribution in [-0.4, -0.2) is 9.97 Å². The van der Waals surface area contributed by atoms with Crippen molar-refractivity contribution in [2.45, 2.75) is 0 Å². The van der Waals surface area contributed by atoms with Gasteiger partial charge in [-0.1, -0.05) is 145 Å². The zero-order valence-corrected chi connectivity index (χ0v) is 25.7. The van der Waals surface area contributed by atoms with E-state index in [0.29, 0.717) is 33.2 Å². The third-order valence-corrected chi connectivity index (χ3v) is 8.26. The Kier molecular flexibility index (Phi) is 4.37. The van der Waals surface area contributed by atoms with Gasteiger partial charge in [-0.25, -0.2) is 9.97 Å². The van der Waals surface area contributed by atoms with Crippen LogP contribution in [0, 0.1) is 0 Å². The highest BCUT2D eigenvalue weighted by atomic mass is 15.1. The van der Waals surface area contributed by atoms with Gasteiger partial charge in [-0.15, -0.1) is 0 Å². The van der Waals surface area contributed by atoms with Gasteiger partial charge < -0.3 is 4.90 Å². The smallest absolute Gasteiger partial charge is 0.0979 e. The zero-order valence-electron chi connectivity index (χ0n) is 39.7. The molecule has 3 heteroatoms. The first-order valence-corrected chi connectivity index (χ1v) is 15.4. The van der Waals surface area contributed by atoms with Gasteiger partial charge in [0.2, 0.25) is 0 Å². The Morgan fingerprint density at radius 2 is 1.00 bits per heavy atom. The van der Waals surface area contributed by atoms with Crippen LogP contribution in [0.2, 0.25) is 0 Å². The van der Waals surface area contributed by atoms with Crippen molar-refractivity contribution in [1.29, 1.82) is 0 Å². The lowest BCUT2D eigenvalue weighted by atomic mass is 9.98. The number of fused-ring (bicyclic) bond motifs is 5. The molecule has 0 saturated carbocycles. The monoisotopic (exact) mass is 639 g/mol. The van der Waals surface area contributed by atoms with Crippen molar-refractivity contribution in [3.05, 3.63) is 188 Å². The summed E-state index contributed by atoms with van der Waals surface area (Å²) in [6, 6.07) is 21.8. The van der Waals surface area contributed by atoms with Crippen molar-refractivity contribution in [2.24, 2.45) is 0 Å². The SMILES string of the molecule is [2H]c1c([2H])c([2H])c(-c2c([2H])c([2H])c(N(c3ccc4c(ccc5ccc6nc(-c7ccccc7)c(-c7ccccc7)nc6c54)c3)c3c([2H])c([2H])c([2H])c([2H])c3[2H])c([2H])c2[2H])c([2H])c1[2H]. The van der Waals surface area contributed by atoms with Crippen molar-refractivity contribution in [1.82, 2.24) is 9.97 Å². The van der Waals surface area contributed by atoms with Crippen LogP contribution in [0.4, 0.5) is 17.1 Å². The largest absolute Gasteiger partial charge is 0.310 e. The molecule has 3 nitrogen and oxygen atoms in total. The number of nitrogens with zero attached hydrogens (tertiary/aromatic N) is 3. The number of aromatic nitrogens is 2. The molecule has 49 heavy (non-hydrogen) atoms. The Labute approximate surface area is 305 Å². The summed E-state index contributed by atoms with van der Waals surface area (Å²) in [6.45, 7) is 0. The lowest BCUT2D eigenvalue weighted by molar-refractivity contribution is 1.29. The van der Waals surface area contributed by atoms with Gasteiger partial charge in [-0.05, 0) is 69.7 Å². The van der Waals surface area contributed by atoms with Crippen molar-refractivity contribution < 1.29 is 19.2 Å². The number of anilines is 3. The lowest BCUT2D eigenvalue weighted by Gasteiger charge is -2.26. The number of para-hydroxylation sites is 1. The van der Waals surface area contributed by atoms with Crippen LogP contribution < -0.4 is 4.90 Å². The summed E-state index contributed by atoms with van der Waals surface area (Å²) in [5.41, 5.74) is 2.38. The van der Waals surface area contributed by atoms with Gasteiger partial charge in [-0.2, -0.15) is 0 Å². The van der Waals surface area contributed by atoms with Crippen LogP contribution in [-0.2, 0) is 0 Å². The summed E-state index contributed by atoms with van der Waals surface area (Å²) >= 11 is 0. The molecular formula is C46H31N3. The van der Waals surface area contributed by atoms with E-state index in [9.17, 15) is 2.74 Å².